The molecule has 1 aliphatic rings. The standard InChI is InChI=1S/C17H26N2O2.C17H23NO.C2H4O2/c1-3-11-18-12-9-15(10-13-18)14-19(17(20)21-2)16-7-5-4-6-8-16;1-6-8-10-15(9-7-2)18(4)17-13-16(19-5)12-11-14(17)3;1-2(3)4/h4-8,15H,3,9-14H2,1-2H3;6-9,11-13H,2,10H2,1,3-5H3;1H3,(H,3,4)/b;8-6-,15-9+;. The van der Waals surface area contributed by atoms with E-state index in [1.807, 2.05) is 55.5 Å². The Balaban J connectivity index is 0.000000394. The molecule has 2 aromatic carbocycles. The topological polar surface area (TPSA) is 82.5 Å². The van der Waals surface area contributed by atoms with Gasteiger partial charge in [-0.05, 0) is 88.5 Å². The lowest BCUT2D eigenvalue weighted by molar-refractivity contribution is -0.134. The number of carboxylic acid groups (broad SMARTS) is 1. The first-order valence-electron chi connectivity index (χ1n) is 15.2. The number of anilines is 2. The monoisotopic (exact) mass is 607 g/mol. The number of piperidine rings is 1. The lowest BCUT2D eigenvalue weighted by Gasteiger charge is -2.34. The van der Waals surface area contributed by atoms with Crippen LogP contribution in [0, 0.1) is 12.8 Å². The number of carboxylic acids is 1. The average Bonchev–Trinajstić information content (AvgIpc) is 3.03. The predicted octanol–water partition coefficient (Wildman–Crippen LogP) is 7.95. The molecule has 0 aromatic heterocycles. The van der Waals surface area contributed by atoms with Gasteiger partial charge in [0.25, 0.3) is 5.97 Å². The molecular formula is C36H53N3O5. The lowest BCUT2D eigenvalue weighted by atomic mass is 9.96. The number of ether oxygens (including phenoxy) is 2. The zero-order valence-corrected chi connectivity index (χ0v) is 27.8. The Kier molecular flexibility index (Phi) is 18.7. The fourth-order valence-corrected chi connectivity index (χ4v) is 4.89. The Labute approximate surface area is 265 Å². The lowest BCUT2D eigenvalue weighted by Crippen LogP contribution is -2.41. The minimum atomic E-state index is -0.833. The summed E-state index contributed by atoms with van der Waals surface area (Å²) in [5, 5.41) is 7.42. The first-order chi connectivity index (χ1) is 21.1. The van der Waals surface area contributed by atoms with Crippen LogP contribution in [0.15, 0.2) is 85.1 Å². The summed E-state index contributed by atoms with van der Waals surface area (Å²) in [5.74, 6) is 0.592. The van der Waals surface area contributed by atoms with Crippen molar-refractivity contribution in [2.75, 3.05) is 57.2 Å². The largest absolute Gasteiger partial charge is 0.497 e. The van der Waals surface area contributed by atoms with Crippen LogP contribution in [0.4, 0.5) is 16.2 Å². The Morgan fingerprint density at radius 1 is 1.11 bits per heavy atom. The van der Waals surface area contributed by atoms with Crippen LogP contribution in [-0.4, -0.2) is 69.5 Å². The summed E-state index contributed by atoms with van der Waals surface area (Å²) in [4.78, 5) is 27.5. The second kappa shape index (κ2) is 21.6. The average molecular weight is 608 g/mol. The Hall–Kier alpha value is -4.04. The number of carbonyl (C=O) groups excluding carboxylic acids is 1. The number of carbonyl (C=O) groups is 2. The Morgan fingerprint density at radius 3 is 2.27 bits per heavy atom. The molecule has 1 saturated heterocycles. The van der Waals surface area contributed by atoms with E-state index in [4.69, 9.17) is 19.4 Å². The van der Waals surface area contributed by atoms with E-state index in [-0.39, 0.29) is 6.09 Å². The number of allylic oxidation sites excluding steroid dienone is 4. The van der Waals surface area contributed by atoms with Crippen LogP contribution < -0.4 is 14.5 Å². The number of aliphatic carboxylic acids is 1. The summed E-state index contributed by atoms with van der Waals surface area (Å²) in [7, 11) is 5.21. The summed E-state index contributed by atoms with van der Waals surface area (Å²) < 4.78 is 10.2. The highest BCUT2D eigenvalue weighted by Crippen LogP contribution is 2.28. The highest BCUT2D eigenvalue weighted by molar-refractivity contribution is 5.87. The van der Waals surface area contributed by atoms with Crippen molar-refractivity contribution < 1.29 is 24.2 Å². The quantitative estimate of drug-likeness (QED) is 0.205. The number of nitrogens with zero attached hydrogens (tertiary/aromatic N) is 3. The minimum Gasteiger partial charge on any atom is -0.497 e. The number of para-hydroxylation sites is 1. The van der Waals surface area contributed by atoms with Crippen molar-refractivity contribution in [3.63, 3.8) is 0 Å². The van der Waals surface area contributed by atoms with Crippen LogP contribution in [0.25, 0.3) is 0 Å². The number of benzene rings is 2. The number of amides is 1. The molecule has 8 heteroatoms. The number of rotatable bonds is 11. The Bertz CT molecular complexity index is 1180. The molecule has 8 nitrogen and oxygen atoms in total. The van der Waals surface area contributed by atoms with Crippen LogP contribution in [-0.2, 0) is 9.53 Å². The van der Waals surface area contributed by atoms with Crippen molar-refractivity contribution >= 4 is 23.4 Å². The van der Waals surface area contributed by atoms with E-state index in [9.17, 15) is 4.79 Å². The van der Waals surface area contributed by atoms with Crippen LogP contribution in [0.3, 0.4) is 0 Å². The van der Waals surface area contributed by atoms with Crippen molar-refractivity contribution in [2.24, 2.45) is 5.92 Å². The predicted molar refractivity (Wildman–Crippen MR) is 183 cm³/mol. The maximum atomic E-state index is 12.0. The molecule has 2 aromatic rings. The van der Waals surface area contributed by atoms with Crippen molar-refractivity contribution in [1.82, 2.24) is 4.90 Å². The van der Waals surface area contributed by atoms with Crippen molar-refractivity contribution in [3.8, 4) is 5.75 Å². The molecule has 3 rings (SSSR count). The SMILES string of the molecule is C=C/C=C(\C/C=C\C)N(C)c1cc(OC)ccc1C.CC(=O)O.CCCN1CCC(CN(C(=O)OC)c2ccccc2)CC1. The molecule has 44 heavy (non-hydrogen) atoms. The minimum absolute atomic E-state index is 0.266. The second-order valence-electron chi connectivity index (χ2n) is 10.6. The third-order valence-corrected chi connectivity index (χ3v) is 7.23. The van der Waals surface area contributed by atoms with Gasteiger partial charge in [0, 0.05) is 50.1 Å². The van der Waals surface area contributed by atoms with Gasteiger partial charge in [-0.1, -0.05) is 56.0 Å². The zero-order valence-electron chi connectivity index (χ0n) is 27.8. The Morgan fingerprint density at radius 2 is 1.75 bits per heavy atom. The smallest absolute Gasteiger partial charge is 0.414 e. The van der Waals surface area contributed by atoms with Crippen molar-refractivity contribution in [2.45, 2.75) is 53.4 Å². The molecule has 0 radical (unpaired) electrons. The maximum absolute atomic E-state index is 12.0. The molecule has 0 unspecified atom stereocenters. The normalized spacial score (nSPS) is 13.6. The van der Waals surface area contributed by atoms with Gasteiger partial charge in [-0.25, -0.2) is 4.79 Å². The highest BCUT2D eigenvalue weighted by Gasteiger charge is 2.24. The molecule has 0 aliphatic carbocycles. The summed E-state index contributed by atoms with van der Waals surface area (Å²) in [5.41, 5.74) is 4.49. The van der Waals surface area contributed by atoms with E-state index in [2.05, 4.69) is 61.6 Å². The third kappa shape index (κ3) is 14.0. The number of likely N-dealkylation sites (tertiary alicyclic amines) is 1. The second-order valence-corrected chi connectivity index (χ2v) is 10.6. The fraction of sp³-hybridized carbons (Fsp3) is 0.444. The first kappa shape index (κ1) is 38.0. The molecule has 0 saturated carbocycles. The van der Waals surface area contributed by atoms with E-state index in [0.29, 0.717) is 5.92 Å². The van der Waals surface area contributed by atoms with E-state index in [1.165, 1.54) is 31.3 Å². The van der Waals surface area contributed by atoms with E-state index in [1.54, 1.807) is 12.0 Å². The molecular weight excluding hydrogens is 554 g/mol. The van der Waals surface area contributed by atoms with Crippen LogP contribution in [0.2, 0.25) is 0 Å². The van der Waals surface area contributed by atoms with Crippen LogP contribution >= 0.6 is 0 Å². The molecule has 1 aliphatic heterocycles. The van der Waals surface area contributed by atoms with Crippen molar-refractivity contribution in [1.29, 1.82) is 0 Å². The molecule has 0 spiro atoms. The van der Waals surface area contributed by atoms with Gasteiger partial charge in [0.1, 0.15) is 5.75 Å². The molecule has 1 heterocycles. The molecule has 0 atom stereocenters. The van der Waals surface area contributed by atoms with Gasteiger partial charge in [0.15, 0.2) is 0 Å². The molecule has 0 bridgehead atoms. The van der Waals surface area contributed by atoms with E-state index < -0.39 is 5.97 Å². The summed E-state index contributed by atoms with van der Waals surface area (Å²) >= 11 is 0. The van der Waals surface area contributed by atoms with Gasteiger partial charge in [-0.2, -0.15) is 0 Å². The van der Waals surface area contributed by atoms with Gasteiger partial charge < -0.3 is 24.4 Å². The van der Waals surface area contributed by atoms with E-state index >= 15 is 0 Å². The summed E-state index contributed by atoms with van der Waals surface area (Å²) in [6.07, 6.45) is 12.2. The van der Waals surface area contributed by atoms with Gasteiger partial charge in [0.2, 0.25) is 0 Å². The third-order valence-electron chi connectivity index (χ3n) is 7.23. The molecule has 1 fully saturated rings. The van der Waals surface area contributed by atoms with Crippen molar-refractivity contribution in [3.05, 3.63) is 90.7 Å². The fourth-order valence-electron chi connectivity index (χ4n) is 4.89. The summed E-state index contributed by atoms with van der Waals surface area (Å²) in [6, 6.07) is 15.9. The zero-order chi connectivity index (χ0) is 32.9. The number of hydrogen-bond acceptors (Lipinski definition) is 6. The maximum Gasteiger partial charge on any atom is 0.414 e. The van der Waals surface area contributed by atoms with Gasteiger partial charge in [-0.3, -0.25) is 9.69 Å². The van der Waals surface area contributed by atoms with Gasteiger partial charge >= 0.3 is 6.09 Å². The van der Waals surface area contributed by atoms with Gasteiger partial charge in [-0.15, -0.1) is 0 Å². The van der Waals surface area contributed by atoms with Gasteiger partial charge in [0.05, 0.1) is 14.2 Å². The van der Waals surface area contributed by atoms with Crippen LogP contribution in [0.5, 0.6) is 5.75 Å². The number of aryl methyl sites for hydroxylation is 1. The number of hydrogen-bond donors (Lipinski definition) is 1. The molecule has 242 valence electrons. The highest BCUT2D eigenvalue weighted by atomic mass is 16.5. The number of methoxy groups -OCH3 is 2. The first-order valence-corrected chi connectivity index (χ1v) is 15.2. The molecule has 1 amide bonds. The summed E-state index contributed by atoms with van der Waals surface area (Å²) in [6.45, 7) is 15.4. The molecule has 1 N–H and O–H groups in total. The van der Waals surface area contributed by atoms with Crippen LogP contribution in [0.1, 0.15) is 52.0 Å². The van der Waals surface area contributed by atoms with E-state index in [0.717, 1.165) is 62.9 Å².